The lowest BCUT2D eigenvalue weighted by Gasteiger charge is -2.12. The number of nitrogens with zero attached hydrogens (tertiary/aromatic N) is 1. The number of hydrogen-bond acceptors (Lipinski definition) is 3. The summed E-state index contributed by atoms with van der Waals surface area (Å²) in [7, 11) is 0. The van der Waals surface area contributed by atoms with Gasteiger partial charge in [-0.15, -0.1) is 11.3 Å². The second-order valence-corrected chi connectivity index (χ2v) is 5.57. The first-order valence-electron chi connectivity index (χ1n) is 6.30. The van der Waals surface area contributed by atoms with E-state index < -0.39 is 6.10 Å². The van der Waals surface area contributed by atoms with Crippen LogP contribution in [0.25, 0.3) is 10.1 Å². The van der Waals surface area contributed by atoms with Crippen molar-refractivity contribution in [2.24, 2.45) is 0 Å². The van der Waals surface area contributed by atoms with Gasteiger partial charge in [0, 0.05) is 28.6 Å². The van der Waals surface area contributed by atoms with Crippen molar-refractivity contribution in [3.8, 4) is 0 Å². The molecule has 0 aliphatic carbocycles. The van der Waals surface area contributed by atoms with Crippen LogP contribution in [-0.2, 0) is 6.42 Å². The van der Waals surface area contributed by atoms with Gasteiger partial charge in [-0.25, -0.2) is 0 Å². The first-order valence-corrected chi connectivity index (χ1v) is 7.18. The second kappa shape index (κ2) is 5.11. The minimum atomic E-state index is -0.494. The van der Waals surface area contributed by atoms with Crippen molar-refractivity contribution >= 4 is 21.4 Å². The molecule has 0 radical (unpaired) electrons. The predicted octanol–water partition coefficient (Wildman–Crippen LogP) is 3.88. The minimum Gasteiger partial charge on any atom is -0.388 e. The van der Waals surface area contributed by atoms with Gasteiger partial charge in [-0.3, -0.25) is 4.98 Å². The van der Waals surface area contributed by atoms with E-state index in [4.69, 9.17) is 0 Å². The Morgan fingerprint density at radius 2 is 2.05 bits per heavy atom. The minimum absolute atomic E-state index is 0.494. The zero-order chi connectivity index (χ0) is 13.2. The third-order valence-corrected chi connectivity index (χ3v) is 4.39. The lowest BCUT2D eigenvalue weighted by molar-refractivity contribution is 0.177. The van der Waals surface area contributed by atoms with Crippen LogP contribution in [0.15, 0.2) is 48.0 Å². The summed E-state index contributed by atoms with van der Waals surface area (Å²) in [6.45, 7) is 1.93. The predicted molar refractivity (Wildman–Crippen MR) is 79.5 cm³/mol. The van der Waals surface area contributed by atoms with Crippen LogP contribution in [-0.4, -0.2) is 10.1 Å². The Morgan fingerprint density at radius 3 is 2.89 bits per heavy atom. The molecule has 1 unspecified atom stereocenters. The van der Waals surface area contributed by atoms with Crippen LogP contribution >= 0.6 is 11.3 Å². The molecule has 2 heterocycles. The lowest BCUT2D eigenvalue weighted by atomic mass is 10.0. The fourth-order valence-corrected chi connectivity index (χ4v) is 3.33. The van der Waals surface area contributed by atoms with Crippen LogP contribution < -0.4 is 0 Å². The highest BCUT2D eigenvalue weighted by Crippen LogP contribution is 2.29. The Labute approximate surface area is 116 Å². The summed E-state index contributed by atoms with van der Waals surface area (Å²) >= 11 is 1.73. The Morgan fingerprint density at radius 1 is 1.21 bits per heavy atom. The Kier molecular flexibility index (Phi) is 3.32. The van der Waals surface area contributed by atoms with E-state index in [0.717, 1.165) is 11.3 Å². The quantitative estimate of drug-likeness (QED) is 0.782. The van der Waals surface area contributed by atoms with Gasteiger partial charge in [-0.1, -0.05) is 24.3 Å². The summed E-state index contributed by atoms with van der Waals surface area (Å²) in [4.78, 5) is 4.23. The average Bonchev–Trinajstić information content (AvgIpc) is 2.83. The molecule has 96 valence electrons. The largest absolute Gasteiger partial charge is 0.388 e. The molecule has 1 N–H and O–H groups in total. The third kappa shape index (κ3) is 2.39. The Balaban J connectivity index is 1.91. The first kappa shape index (κ1) is 12.3. The molecule has 19 heavy (non-hydrogen) atoms. The molecule has 0 saturated heterocycles. The normalized spacial score (nSPS) is 12.7. The number of hydrogen-bond donors (Lipinski definition) is 1. The molecule has 2 aromatic heterocycles. The monoisotopic (exact) mass is 269 g/mol. The third-order valence-electron chi connectivity index (χ3n) is 3.38. The van der Waals surface area contributed by atoms with Gasteiger partial charge in [0.25, 0.3) is 0 Å². The summed E-state index contributed by atoms with van der Waals surface area (Å²) in [5, 5.41) is 13.8. The van der Waals surface area contributed by atoms with Gasteiger partial charge in [-0.05, 0) is 35.4 Å². The number of fused-ring (bicyclic) bond motifs is 1. The van der Waals surface area contributed by atoms with Gasteiger partial charge in [0.15, 0.2) is 0 Å². The summed E-state index contributed by atoms with van der Waals surface area (Å²) in [6.07, 6.45) is 1.90. The van der Waals surface area contributed by atoms with Crippen LogP contribution in [0.2, 0.25) is 0 Å². The molecule has 3 heteroatoms. The number of aryl methyl sites for hydroxylation is 1. The van der Waals surface area contributed by atoms with E-state index in [1.165, 1.54) is 15.6 Å². The van der Waals surface area contributed by atoms with Gasteiger partial charge < -0.3 is 5.11 Å². The summed E-state index contributed by atoms with van der Waals surface area (Å²) in [5.74, 6) is 0. The highest BCUT2D eigenvalue weighted by molar-refractivity contribution is 7.17. The van der Waals surface area contributed by atoms with Gasteiger partial charge in [0.05, 0.1) is 6.10 Å². The summed E-state index contributed by atoms with van der Waals surface area (Å²) in [5.41, 5.74) is 3.02. The maximum absolute atomic E-state index is 10.4. The van der Waals surface area contributed by atoms with Gasteiger partial charge in [0.2, 0.25) is 0 Å². The molecule has 0 fully saturated rings. The molecule has 0 aliphatic heterocycles. The molecule has 1 atom stereocenters. The second-order valence-electron chi connectivity index (χ2n) is 4.66. The lowest BCUT2D eigenvalue weighted by Crippen LogP contribution is -2.04. The van der Waals surface area contributed by atoms with E-state index in [1.807, 2.05) is 31.2 Å². The molecule has 0 spiro atoms. The van der Waals surface area contributed by atoms with Gasteiger partial charge in [-0.2, -0.15) is 0 Å². The van der Waals surface area contributed by atoms with Crippen molar-refractivity contribution in [3.05, 3.63) is 64.8 Å². The number of aliphatic hydroxyl groups is 1. The molecule has 0 aliphatic rings. The number of aliphatic hydroxyl groups excluding tert-OH is 1. The highest BCUT2D eigenvalue weighted by Gasteiger charge is 2.14. The van der Waals surface area contributed by atoms with E-state index >= 15 is 0 Å². The van der Waals surface area contributed by atoms with Crippen molar-refractivity contribution < 1.29 is 5.11 Å². The smallest absolute Gasteiger partial charge is 0.0848 e. The fraction of sp³-hybridized carbons (Fsp3) is 0.188. The molecule has 3 rings (SSSR count). The van der Waals surface area contributed by atoms with Crippen molar-refractivity contribution in [2.75, 3.05) is 0 Å². The van der Waals surface area contributed by atoms with Gasteiger partial charge in [0.1, 0.15) is 0 Å². The maximum Gasteiger partial charge on any atom is 0.0848 e. The van der Waals surface area contributed by atoms with Crippen molar-refractivity contribution in [1.82, 2.24) is 4.98 Å². The average molecular weight is 269 g/mol. The zero-order valence-electron chi connectivity index (χ0n) is 10.7. The molecule has 2 nitrogen and oxygen atoms in total. The zero-order valence-corrected chi connectivity index (χ0v) is 11.5. The van der Waals surface area contributed by atoms with Gasteiger partial charge >= 0.3 is 0 Å². The van der Waals surface area contributed by atoms with Crippen molar-refractivity contribution in [3.63, 3.8) is 0 Å². The summed E-state index contributed by atoms with van der Waals surface area (Å²) in [6, 6.07) is 12.1. The molecule has 0 amide bonds. The molecule has 0 bridgehead atoms. The topological polar surface area (TPSA) is 33.1 Å². The number of rotatable bonds is 3. The van der Waals surface area contributed by atoms with Crippen LogP contribution in [0.1, 0.15) is 22.9 Å². The molecule has 3 aromatic rings. The van der Waals surface area contributed by atoms with Crippen LogP contribution in [0.3, 0.4) is 0 Å². The van der Waals surface area contributed by atoms with Crippen molar-refractivity contribution in [2.45, 2.75) is 19.4 Å². The van der Waals surface area contributed by atoms with E-state index in [-0.39, 0.29) is 0 Å². The number of pyridine rings is 1. The SMILES string of the molecule is Cc1ncccc1C(O)Cc1csc2ccccc12. The number of aromatic nitrogens is 1. The molecular weight excluding hydrogens is 254 g/mol. The van der Waals surface area contributed by atoms with Crippen LogP contribution in [0, 0.1) is 6.92 Å². The molecular formula is C16H15NOS. The molecule has 0 saturated carbocycles. The van der Waals surface area contributed by atoms with E-state index in [9.17, 15) is 5.11 Å². The number of benzene rings is 1. The van der Waals surface area contributed by atoms with E-state index in [1.54, 1.807) is 17.5 Å². The van der Waals surface area contributed by atoms with E-state index in [0.29, 0.717) is 6.42 Å². The Hall–Kier alpha value is -1.71. The van der Waals surface area contributed by atoms with Crippen molar-refractivity contribution in [1.29, 1.82) is 0 Å². The maximum atomic E-state index is 10.4. The molecule has 1 aromatic carbocycles. The Bertz CT molecular complexity index is 705. The first-order chi connectivity index (χ1) is 9.25. The highest BCUT2D eigenvalue weighted by atomic mass is 32.1. The fourth-order valence-electron chi connectivity index (χ4n) is 2.36. The number of thiophene rings is 1. The standard InChI is InChI=1S/C16H15NOS/c1-11-13(6-4-8-17-11)15(18)9-12-10-19-16-7-3-2-5-14(12)16/h2-8,10,15,18H,9H2,1H3. The van der Waals surface area contributed by atoms with Crippen LogP contribution in [0.4, 0.5) is 0 Å². The van der Waals surface area contributed by atoms with Crippen LogP contribution in [0.5, 0.6) is 0 Å². The summed E-state index contributed by atoms with van der Waals surface area (Å²) < 4.78 is 1.27. The van der Waals surface area contributed by atoms with E-state index in [2.05, 4.69) is 22.5 Å².